The average Bonchev–Trinajstić information content (AvgIpc) is 2.97. The van der Waals surface area contributed by atoms with Gasteiger partial charge in [-0.1, -0.05) is 12.1 Å². The van der Waals surface area contributed by atoms with Crippen LogP contribution in [0.3, 0.4) is 0 Å². The fraction of sp³-hybridized carbons (Fsp3) is 0.588. The maximum Gasteiger partial charge on any atom is 0.221 e. The SMILES string of the molecule is CC(C)Oc1cccc(C(O)CNC(=O)CC2CCCN2)c1.Cl. The van der Waals surface area contributed by atoms with Crippen LogP contribution in [0.5, 0.6) is 5.75 Å². The largest absolute Gasteiger partial charge is 0.491 e. The Morgan fingerprint density at radius 3 is 2.91 bits per heavy atom. The van der Waals surface area contributed by atoms with Crippen molar-refractivity contribution >= 4 is 18.3 Å². The molecule has 1 amide bonds. The third-order valence-electron chi connectivity index (χ3n) is 3.70. The molecule has 5 nitrogen and oxygen atoms in total. The number of rotatable bonds is 7. The first-order valence-electron chi connectivity index (χ1n) is 7.99. The first-order chi connectivity index (χ1) is 10.5. The van der Waals surface area contributed by atoms with Gasteiger partial charge in [-0.25, -0.2) is 0 Å². The smallest absolute Gasteiger partial charge is 0.221 e. The van der Waals surface area contributed by atoms with Crippen LogP contribution in [-0.4, -0.2) is 36.2 Å². The third-order valence-corrected chi connectivity index (χ3v) is 3.70. The van der Waals surface area contributed by atoms with E-state index in [9.17, 15) is 9.90 Å². The minimum Gasteiger partial charge on any atom is -0.491 e. The molecule has 1 aliphatic heterocycles. The Labute approximate surface area is 144 Å². The van der Waals surface area contributed by atoms with E-state index in [4.69, 9.17) is 4.74 Å². The van der Waals surface area contributed by atoms with Gasteiger partial charge in [0, 0.05) is 19.0 Å². The number of benzene rings is 1. The van der Waals surface area contributed by atoms with Crippen LogP contribution in [0.15, 0.2) is 24.3 Å². The molecule has 2 atom stereocenters. The number of hydrogen-bond donors (Lipinski definition) is 3. The number of aliphatic hydroxyl groups excluding tert-OH is 1. The van der Waals surface area contributed by atoms with E-state index >= 15 is 0 Å². The highest BCUT2D eigenvalue weighted by Crippen LogP contribution is 2.20. The number of amides is 1. The lowest BCUT2D eigenvalue weighted by Crippen LogP contribution is -2.34. The highest BCUT2D eigenvalue weighted by Gasteiger charge is 2.18. The Morgan fingerprint density at radius 1 is 1.48 bits per heavy atom. The van der Waals surface area contributed by atoms with Gasteiger partial charge in [0.25, 0.3) is 0 Å². The van der Waals surface area contributed by atoms with Gasteiger partial charge in [0.2, 0.25) is 5.91 Å². The third kappa shape index (κ3) is 6.77. The Bertz CT molecular complexity index is 490. The molecule has 0 saturated carbocycles. The second kappa shape index (κ2) is 9.75. The Hall–Kier alpha value is -1.30. The summed E-state index contributed by atoms with van der Waals surface area (Å²) in [5, 5.41) is 16.3. The molecule has 1 heterocycles. The van der Waals surface area contributed by atoms with Crippen LogP contribution in [0.4, 0.5) is 0 Å². The first-order valence-corrected chi connectivity index (χ1v) is 7.99. The quantitative estimate of drug-likeness (QED) is 0.710. The summed E-state index contributed by atoms with van der Waals surface area (Å²) in [6.45, 7) is 5.13. The van der Waals surface area contributed by atoms with Crippen molar-refractivity contribution in [2.24, 2.45) is 0 Å². The summed E-state index contributed by atoms with van der Waals surface area (Å²) < 4.78 is 5.61. The first kappa shape index (κ1) is 19.7. The van der Waals surface area contributed by atoms with Gasteiger partial charge < -0.3 is 20.5 Å². The monoisotopic (exact) mass is 342 g/mol. The Morgan fingerprint density at radius 2 is 2.26 bits per heavy atom. The second-order valence-electron chi connectivity index (χ2n) is 6.06. The van der Waals surface area contributed by atoms with Crippen molar-refractivity contribution in [2.75, 3.05) is 13.1 Å². The number of halogens is 1. The van der Waals surface area contributed by atoms with E-state index in [1.807, 2.05) is 38.1 Å². The lowest BCUT2D eigenvalue weighted by molar-refractivity contribution is -0.122. The van der Waals surface area contributed by atoms with Gasteiger partial charge in [-0.2, -0.15) is 0 Å². The predicted octanol–water partition coefficient (Wildman–Crippen LogP) is 2.19. The number of hydrogen-bond acceptors (Lipinski definition) is 4. The van der Waals surface area contributed by atoms with Crippen molar-refractivity contribution in [3.8, 4) is 5.75 Å². The standard InChI is InChI=1S/C17H26N2O3.ClH/c1-12(2)22-15-7-3-5-13(9-15)16(20)11-19-17(21)10-14-6-4-8-18-14;/h3,5,7,9,12,14,16,18,20H,4,6,8,10-11H2,1-2H3,(H,19,21);1H. The number of ether oxygens (including phenoxy) is 1. The molecule has 6 heteroatoms. The molecule has 1 aromatic rings. The maximum absolute atomic E-state index is 11.9. The molecule has 1 aliphatic rings. The molecule has 130 valence electrons. The highest BCUT2D eigenvalue weighted by atomic mass is 35.5. The molecule has 0 radical (unpaired) electrons. The predicted molar refractivity (Wildman–Crippen MR) is 93.1 cm³/mol. The zero-order valence-electron chi connectivity index (χ0n) is 13.7. The fourth-order valence-electron chi connectivity index (χ4n) is 2.62. The summed E-state index contributed by atoms with van der Waals surface area (Å²) >= 11 is 0. The molecule has 1 saturated heterocycles. The van der Waals surface area contributed by atoms with Crippen LogP contribution < -0.4 is 15.4 Å². The minimum atomic E-state index is -0.726. The van der Waals surface area contributed by atoms with Crippen molar-refractivity contribution in [2.45, 2.75) is 51.4 Å². The minimum absolute atomic E-state index is 0. The summed E-state index contributed by atoms with van der Waals surface area (Å²) in [5.41, 5.74) is 0.748. The molecule has 0 aliphatic carbocycles. The second-order valence-corrected chi connectivity index (χ2v) is 6.06. The molecule has 2 unspecified atom stereocenters. The van der Waals surface area contributed by atoms with Crippen molar-refractivity contribution in [1.29, 1.82) is 0 Å². The molecule has 0 spiro atoms. The van der Waals surface area contributed by atoms with Crippen LogP contribution in [0.2, 0.25) is 0 Å². The normalized spacial score (nSPS) is 18.3. The number of carbonyl (C=O) groups excluding carboxylic acids is 1. The van der Waals surface area contributed by atoms with E-state index in [1.54, 1.807) is 0 Å². The van der Waals surface area contributed by atoms with Crippen molar-refractivity contribution in [3.63, 3.8) is 0 Å². The van der Waals surface area contributed by atoms with Gasteiger partial charge in [-0.3, -0.25) is 4.79 Å². The van der Waals surface area contributed by atoms with Crippen LogP contribution in [-0.2, 0) is 4.79 Å². The average molecular weight is 343 g/mol. The van der Waals surface area contributed by atoms with Gasteiger partial charge >= 0.3 is 0 Å². The van der Waals surface area contributed by atoms with Crippen molar-refractivity contribution < 1.29 is 14.6 Å². The molecule has 23 heavy (non-hydrogen) atoms. The van der Waals surface area contributed by atoms with E-state index in [0.29, 0.717) is 6.42 Å². The fourth-order valence-corrected chi connectivity index (χ4v) is 2.62. The summed E-state index contributed by atoms with van der Waals surface area (Å²) in [5.74, 6) is 0.709. The lowest BCUT2D eigenvalue weighted by Gasteiger charge is -2.16. The molecule has 2 rings (SSSR count). The number of aliphatic hydroxyl groups is 1. The molecule has 3 N–H and O–H groups in total. The molecule has 0 aromatic heterocycles. The Balaban J connectivity index is 0.00000264. The molecular formula is C17H27ClN2O3. The van der Waals surface area contributed by atoms with Crippen LogP contribution >= 0.6 is 12.4 Å². The lowest BCUT2D eigenvalue weighted by atomic mass is 10.1. The molecule has 1 fully saturated rings. The van der Waals surface area contributed by atoms with Gasteiger partial charge in [0.1, 0.15) is 5.75 Å². The zero-order chi connectivity index (χ0) is 15.9. The number of carbonyl (C=O) groups is 1. The molecule has 1 aromatic carbocycles. The Kier molecular flexibility index (Phi) is 8.37. The summed E-state index contributed by atoms with van der Waals surface area (Å²) in [7, 11) is 0. The van der Waals surface area contributed by atoms with Crippen molar-refractivity contribution in [3.05, 3.63) is 29.8 Å². The van der Waals surface area contributed by atoms with E-state index in [0.717, 1.165) is 30.7 Å². The van der Waals surface area contributed by atoms with Crippen LogP contribution in [0, 0.1) is 0 Å². The van der Waals surface area contributed by atoms with Crippen LogP contribution in [0.1, 0.15) is 44.8 Å². The molecule has 0 bridgehead atoms. The van der Waals surface area contributed by atoms with E-state index in [-0.39, 0.29) is 37.0 Å². The summed E-state index contributed by atoms with van der Waals surface area (Å²) in [6.07, 6.45) is 2.01. The van der Waals surface area contributed by atoms with E-state index in [1.165, 1.54) is 0 Å². The maximum atomic E-state index is 11.9. The molecular weight excluding hydrogens is 316 g/mol. The van der Waals surface area contributed by atoms with Gasteiger partial charge in [-0.15, -0.1) is 12.4 Å². The van der Waals surface area contributed by atoms with Gasteiger partial charge in [-0.05, 0) is 50.9 Å². The number of nitrogens with one attached hydrogen (secondary N) is 2. The summed E-state index contributed by atoms with van der Waals surface area (Å²) in [4.78, 5) is 11.9. The van der Waals surface area contributed by atoms with Gasteiger partial charge in [0.05, 0.1) is 12.2 Å². The van der Waals surface area contributed by atoms with E-state index in [2.05, 4.69) is 10.6 Å². The van der Waals surface area contributed by atoms with Crippen LogP contribution in [0.25, 0.3) is 0 Å². The van der Waals surface area contributed by atoms with Gasteiger partial charge in [0.15, 0.2) is 0 Å². The van der Waals surface area contributed by atoms with Crippen molar-refractivity contribution in [1.82, 2.24) is 10.6 Å². The highest BCUT2D eigenvalue weighted by molar-refractivity contribution is 5.85. The summed E-state index contributed by atoms with van der Waals surface area (Å²) in [6, 6.07) is 7.64. The zero-order valence-corrected chi connectivity index (χ0v) is 14.6. The van der Waals surface area contributed by atoms with E-state index < -0.39 is 6.10 Å². The topological polar surface area (TPSA) is 70.6 Å².